The molecule has 3 aromatic heterocycles. The molecule has 0 bridgehead atoms. The molecule has 3 heterocycles. The number of hydrogen-bond acceptors (Lipinski definition) is 6. The number of benzene rings is 1. The van der Waals surface area contributed by atoms with Crippen molar-refractivity contribution >= 4 is 39.7 Å². The van der Waals surface area contributed by atoms with Gasteiger partial charge in [0.2, 0.25) is 0 Å². The standard InChI is InChI=1S/C19H12N4O3S/c24-19(22-18-8-7-12(11-20-18)23(25)26)14-10-16(17-6-3-9-27-17)21-15-5-2-1-4-13(14)15/h1-11H,(H,20,22,24). The van der Waals surface area contributed by atoms with Crippen LogP contribution in [0.5, 0.6) is 0 Å². The van der Waals surface area contributed by atoms with Crippen LogP contribution in [0.4, 0.5) is 11.5 Å². The lowest BCUT2D eigenvalue weighted by atomic mass is 10.1. The molecule has 0 fully saturated rings. The zero-order chi connectivity index (χ0) is 18.8. The Kier molecular flexibility index (Phi) is 4.31. The number of carbonyl (C=O) groups excluding carboxylic acids is 1. The fourth-order valence-electron chi connectivity index (χ4n) is 2.67. The highest BCUT2D eigenvalue weighted by molar-refractivity contribution is 7.13. The molecule has 0 spiro atoms. The lowest BCUT2D eigenvalue weighted by molar-refractivity contribution is -0.385. The minimum atomic E-state index is -0.539. The first-order valence-electron chi connectivity index (χ1n) is 7.97. The molecule has 8 heteroatoms. The van der Waals surface area contributed by atoms with Crippen LogP contribution in [0.1, 0.15) is 10.4 Å². The van der Waals surface area contributed by atoms with Gasteiger partial charge in [0.25, 0.3) is 11.6 Å². The summed E-state index contributed by atoms with van der Waals surface area (Å²) in [5.74, 6) is -0.114. The van der Waals surface area contributed by atoms with Crippen LogP contribution in [-0.4, -0.2) is 20.8 Å². The monoisotopic (exact) mass is 376 g/mol. The number of nitro groups is 1. The number of pyridine rings is 2. The Balaban J connectivity index is 1.73. The summed E-state index contributed by atoms with van der Waals surface area (Å²) in [4.78, 5) is 32.6. The molecule has 1 aromatic carbocycles. The minimum Gasteiger partial charge on any atom is -0.307 e. The maximum atomic E-state index is 12.9. The summed E-state index contributed by atoms with van der Waals surface area (Å²) >= 11 is 1.54. The minimum absolute atomic E-state index is 0.137. The number of fused-ring (bicyclic) bond motifs is 1. The Morgan fingerprint density at radius 2 is 1.96 bits per heavy atom. The Morgan fingerprint density at radius 1 is 1.11 bits per heavy atom. The van der Waals surface area contributed by atoms with Crippen LogP contribution in [0, 0.1) is 10.1 Å². The highest BCUT2D eigenvalue weighted by Crippen LogP contribution is 2.28. The fraction of sp³-hybridized carbons (Fsp3) is 0. The van der Waals surface area contributed by atoms with E-state index in [4.69, 9.17) is 0 Å². The van der Waals surface area contributed by atoms with Gasteiger partial charge in [-0.1, -0.05) is 24.3 Å². The number of hydrogen-bond donors (Lipinski definition) is 1. The molecule has 0 aliphatic carbocycles. The van der Waals surface area contributed by atoms with Crippen molar-refractivity contribution < 1.29 is 9.72 Å². The molecule has 0 aliphatic rings. The third kappa shape index (κ3) is 3.38. The van der Waals surface area contributed by atoms with Gasteiger partial charge in [0.1, 0.15) is 12.0 Å². The smallest absolute Gasteiger partial charge is 0.287 e. The van der Waals surface area contributed by atoms with E-state index in [9.17, 15) is 14.9 Å². The zero-order valence-electron chi connectivity index (χ0n) is 13.8. The van der Waals surface area contributed by atoms with Crippen molar-refractivity contribution in [2.45, 2.75) is 0 Å². The van der Waals surface area contributed by atoms with Gasteiger partial charge >= 0.3 is 0 Å². The summed E-state index contributed by atoms with van der Waals surface area (Å²) in [6, 6.07) is 15.7. The summed E-state index contributed by atoms with van der Waals surface area (Å²) in [6.45, 7) is 0. The molecule has 7 nitrogen and oxygen atoms in total. The van der Waals surface area contributed by atoms with Crippen LogP contribution in [0.15, 0.2) is 66.2 Å². The van der Waals surface area contributed by atoms with E-state index < -0.39 is 4.92 Å². The number of nitrogens with one attached hydrogen (secondary N) is 1. The average molecular weight is 376 g/mol. The van der Waals surface area contributed by atoms with Crippen molar-refractivity contribution in [1.29, 1.82) is 0 Å². The number of carbonyl (C=O) groups is 1. The number of amides is 1. The maximum Gasteiger partial charge on any atom is 0.287 e. The Bertz CT molecular complexity index is 1140. The van der Waals surface area contributed by atoms with Gasteiger partial charge in [0.15, 0.2) is 0 Å². The van der Waals surface area contributed by atoms with E-state index in [2.05, 4.69) is 15.3 Å². The van der Waals surface area contributed by atoms with E-state index in [-0.39, 0.29) is 17.4 Å². The van der Waals surface area contributed by atoms with Crippen molar-refractivity contribution in [3.05, 3.63) is 81.9 Å². The van der Waals surface area contributed by atoms with E-state index >= 15 is 0 Å². The number of rotatable bonds is 4. The van der Waals surface area contributed by atoms with Gasteiger partial charge < -0.3 is 5.32 Å². The number of thiophene rings is 1. The molecular weight excluding hydrogens is 364 g/mol. The summed E-state index contributed by atoms with van der Waals surface area (Å²) in [7, 11) is 0. The van der Waals surface area contributed by atoms with Crippen molar-refractivity contribution in [2.75, 3.05) is 5.32 Å². The first-order chi connectivity index (χ1) is 13.1. The topological polar surface area (TPSA) is 98.0 Å². The number of para-hydroxylation sites is 1. The van der Waals surface area contributed by atoms with Crippen molar-refractivity contribution in [2.24, 2.45) is 0 Å². The van der Waals surface area contributed by atoms with E-state index in [1.807, 2.05) is 41.8 Å². The van der Waals surface area contributed by atoms with Crippen molar-refractivity contribution in [1.82, 2.24) is 9.97 Å². The summed E-state index contributed by atoms with van der Waals surface area (Å²) in [5, 5.41) is 16.1. The Morgan fingerprint density at radius 3 is 2.67 bits per heavy atom. The second-order valence-electron chi connectivity index (χ2n) is 5.66. The largest absolute Gasteiger partial charge is 0.307 e. The predicted molar refractivity (Wildman–Crippen MR) is 104 cm³/mol. The predicted octanol–water partition coefficient (Wildman–Crippen LogP) is 4.52. The summed E-state index contributed by atoms with van der Waals surface area (Å²) in [5.41, 5.74) is 1.75. The Labute approximate surface area is 157 Å². The maximum absolute atomic E-state index is 12.9. The quantitative estimate of drug-likeness (QED) is 0.417. The molecule has 27 heavy (non-hydrogen) atoms. The third-order valence-corrected chi connectivity index (χ3v) is 4.83. The van der Waals surface area contributed by atoms with Gasteiger partial charge in [0, 0.05) is 11.5 Å². The SMILES string of the molecule is O=C(Nc1ccc([N+](=O)[O-])cn1)c1cc(-c2cccs2)nc2ccccc12. The van der Waals surface area contributed by atoms with E-state index in [0.717, 1.165) is 16.5 Å². The fourth-order valence-corrected chi connectivity index (χ4v) is 3.35. The van der Waals surface area contributed by atoms with E-state index in [1.54, 1.807) is 17.4 Å². The molecule has 0 saturated carbocycles. The molecule has 0 aliphatic heterocycles. The van der Waals surface area contributed by atoms with Crippen molar-refractivity contribution in [3.63, 3.8) is 0 Å². The normalized spacial score (nSPS) is 10.7. The lowest BCUT2D eigenvalue weighted by Gasteiger charge is -2.09. The lowest BCUT2D eigenvalue weighted by Crippen LogP contribution is -2.14. The second-order valence-corrected chi connectivity index (χ2v) is 6.61. The molecule has 4 aromatic rings. The van der Waals surface area contributed by atoms with Gasteiger partial charge in [-0.2, -0.15) is 0 Å². The highest BCUT2D eigenvalue weighted by atomic mass is 32.1. The zero-order valence-corrected chi connectivity index (χ0v) is 14.6. The van der Waals surface area contributed by atoms with Crippen LogP contribution in [0.2, 0.25) is 0 Å². The first kappa shape index (κ1) is 16.8. The summed E-state index contributed by atoms with van der Waals surface area (Å²) < 4.78 is 0. The van der Waals surface area contributed by atoms with Crippen LogP contribution >= 0.6 is 11.3 Å². The molecule has 1 N–H and O–H groups in total. The van der Waals surface area contributed by atoms with Crippen LogP contribution in [-0.2, 0) is 0 Å². The first-order valence-corrected chi connectivity index (χ1v) is 8.85. The second kappa shape index (κ2) is 6.93. The molecule has 132 valence electrons. The van der Waals surface area contributed by atoms with E-state index in [1.165, 1.54) is 12.1 Å². The van der Waals surface area contributed by atoms with Gasteiger partial charge in [-0.05, 0) is 29.6 Å². The third-order valence-electron chi connectivity index (χ3n) is 3.93. The molecular formula is C19H12N4O3S. The number of nitrogens with zero attached hydrogens (tertiary/aromatic N) is 3. The Hall–Kier alpha value is -3.65. The molecule has 0 radical (unpaired) electrons. The van der Waals surface area contributed by atoms with E-state index in [0.29, 0.717) is 16.8 Å². The van der Waals surface area contributed by atoms with Gasteiger partial charge in [-0.3, -0.25) is 14.9 Å². The van der Waals surface area contributed by atoms with Gasteiger partial charge in [-0.15, -0.1) is 11.3 Å². The molecule has 1 amide bonds. The average Bonchev–Trinajstić information content (AvgIpc) is 3.22. The molecule has 4 rings (SSSR count). The summed E-state index contributed by atoms with van der Waals surface area (Å²) in [6.07, 6.45) is 1.11. The van der Waals surface area contributed by atoms with Crippen LogP contribution in [0.3, 0.4) is 0 Å². The number of anilines is 1. The van der Waals surface area contributed by atoms with Crippen LogP contribution < -0.4 is 5.32 Å². The van der Waals surface area contributed by atoms with Crippen molar-refractivity contribution in [3.8, 4) is 10.6 Å². The number of aromatic nitrogens is 2. The van der Waals surface area contributed by atoms with Gasteiger partial charge in [-0.25, -0.2) is 9.97 Å². The van der Waals surface area contributed by atoms with Gasteiger partial charge in [0.05, 0.1) is 26.6 Å². The molecule has 0 atom stereocenters. The van der Waals surface area contributed by atoms with Crippen LogP contribution in [0.25, 0.3) is 21.5 Å². The molecule has 0 unspecified atom stereocenters. The highest BCUT2D eigenvalue weighted by Gasteiger charge is 2.15. The molecule has 0 saturated heterocycles.